The molecule has 0 radical (unpaired) electrons. The first kappa shape index (κ1) is 14.2. The molecule has 2 amide bonds. The molecule has 3 rings (SSSR count). The van der Waals surface area contributed by atoms with E-state index in [0.29, 0.717) is 37.4 Å². The highest BCUT2D eigenvalue weighted by atomic mass is 16.2. The van der Waals surface area contributed by atoms with E-state index in [-0.39, 0.29) is 17.7 Å². The number of likely N-dealkylation sites (tertiary alicyclic amines) is 1. The van der Waals surface area contributed by atoms with Gasteiger partial charge in [-0.2, -0.15) is 9.78 Å². The lowest BCUT2D eigenvalue weighted by Gasteiger charge is -2.16. The number of aromatic amines is 1. The first-order valence-electron chi connectivity index (χ1n) is 7.04. The molecule has 1 aliphatic rings. The summed E-state index contributed by atoms with van der Waals surface area (Å²) < 4.78 is 1.34. The van der Waals surface area contributed by atoms with Gasteiger partial charge in [0.1, 0.15) is 11.9 Å². The van der Waals surface area contributed by atoms with E-state index in [1.54, 1.807) is 4.90 Å². The molecule has 0 aromatic carbocycles. The highest BCUT2D eigenvalue weighted by molar-refractivity contribution is 5.97. The van der Waals surface area contributed by atoms with Crippen LogP contribution in [0.25, 0.3) is 5.82 Å². The Morgan fingerprint density at radius 3 is 3.09 bits per heavy atom. The number of amides is 2. The van der Waals surface area contributed by atoms with Crippen LogP contribution in [-0.4, -0.2) is 66.8 Å². The molecule has 10 heteroatoms. The number of nitrogens with zero attached hydrogens (tertiary/aromatic N) is 6. The van der Waals surface area contributed by atoms with Gasteiger partial charge in [-0.1, -0.05) is 0 Å². The molecule has 0 aliphatic carbocycles. The predicted octanol–water partition coefficient (Wildman–Crippen LogP) is -1.02. The second kappa shape index (κ2) is 5.92. The fourth-order valence-corrected chi connectivity index (χ4v) is 2.52. The smallest absolute Gasteiger partial charge is 0.259 e. The predicted molar refractivity (Wildman–Crippen MR) is 74.0 cm³/mol. The molecule has 3 heterocycles. The lowest BCUT2D eigenvalue weighted by molar-refractivity contribution is -0.124. The minimum absolute atomic E-state index is 0.00862. The van der Waals surface area contributed by atoms with Crippen LogP contribution in [0.5, 0.6) is 0 Å². The van der Waals surface area contributed by atoms with Gasteiger partial charge in [0.25, 0.3) is 5.91 Å². The number of carbonyl (C=O) groups is 2. The third kappa shape index (κ3) is 2.54. The number of nitrogens with one attached hydrogen (secondary N) is 2. The van der Waals surface area contributed by atoms with Crippen molar-refractivity contribution in [3.63, 3.8) is 0 Å². The molecule has 2 aromatic rings. The largest absolute Gasteiger partial charge is 0.356 e. The van der Waals surface area contributed by atoms with Crippen LogP contribution in [0, 0.1) is 5.92 Å². The summed E-state index contributed by atoms with van der Waals surface area (Å²) in [5, 5.41) is 20.2. The molecule has 1 saturated heterocycles. The third-order valence-corrected chi connectivity index (χ3v) is 3.63. The number of rotatable bonds is 4. The van der Waals surface area contributed by atoms with Gasteiger partial charge in [0, 0.05) is 19.6 Å². The van der Waals surface area contributed by atoms with Gasteiger partial charge in [-0.15, -0.1) is 5.10 Å². The average molecular weight is 304 g/mol. The second-order valence-electron chi connectivity index (χ2n) is 5.02. The number of hydrogen-bond acceptors (Lipinski definition) is 6. The first-order valence-corrected chi connectivity index (χ1v) is 7.04. The SMILES string of the molecule is CCNC(=O)[C@H]1CCN(C(=O)c2cn[nH]c2-n2cnnn2)C1. The van der Waals surface area contributed by atoms with E-state index in [4.69, 9.17) is 0 Å². The van der Waals surface area contributed by atoms with Crippen molar-refractivity contribution in [3.8, 4) is 5.82 Å². The Balaban J connectivity index is 1.74. The van der Waals surface area contributed by atoms with Crippen molar-refractivity contribution < 1.29 is 9.59 Å². The third-order valence-electron chi connectivity index (χ3n) is 3.63. The van der Waals surface area contributed by atoms with Crippen LogP contribution in [-0.2, 0) is 4.79 Å². The first-order chi connectivity index (χ1) is 10.7. The van der Waals surface area contributed by atoms with Crippen LogP contribution in [0.3, 0.4) is 0 Å². The molecule has 2 N–H and O–H groups in total. The molecule has 116 valence electrons. The number of tetrazole rings is 1. The van der Waals surface area contributed by atoms with Crippen LogP contribution in [0.4, 0.5) is 0 Å². The van der Waals surface area contributed by atoms with Gasteiger partial charge >= 0.3 is 0 Å². The van der Waals surface area contributed by atoms with Crippen LogP contribution in [0.1, 0.15) is 23.7 Å². The fourth-order valence-electron chi connectivity index (χ4n) is 2.52. The van der Waals surface area contributed by atoms with Crippen molar-refractivity contribution in [1.29, 1.82) is 0 Å². The maximum absolute atomic E-state index is 12.6. The maximum Gasteiger partial charge on any atom is 0.259 e. The second-order valence-corrected chi connectivity index (χ2v) is 5.02. The van der Waals surface area contributed by atoms with Crippen molar-refractivity contribution in [1.82, 2.24) is 40.6 Å². The van der Waals surface area contributed by atoms with Gasteiger partial charge in [-0.25, -0.2) is 0 Å². The Morgan fingerprint density at radius 1 is 1.50 bits per heavy atom. The molecule has 0 spiro atoms. The Kier molecular flexibility index (Phi) is 3.81. The number of aromatic nitrogens is 6. The zero-order chi connectivity index (χ0) is 15.5. The normalized spacial score (nSPS) is 17.7. The summed E-state index contributed by atoms with van der Waals surface area (Å²) in [7, 11) is 0. The lowest BCUT2D eigenvalue weighted by atomic mass is 10.1. The van der Waals surface area contributed by atoms with E-state index in [0.717, 1.165) is 0 Å². The average Bonchev–Trinajstić information content (AvgIpc) is 3.25. The van der Waals surface area contributed by atoms with Gasteiger partial charge in [0.15, 0.2) is 5.82 Å². The van der Waals surface area contributed by atoms with E-state index in [2.05, 4.69) is 31.0 Å². The Hall–Kier alpha value is -2.78. The molecule has 0 saturated carbocycles. The summed E-state index contributed by atoms with van der Waals surface area (Å²) in [6.07, 6.45) is 3.49. The molecule has 10 nitrogen and oxygen atoms in total. The monoisotopic (exact) mass is 304 g/mol. The summed E-state index contributed by atoms with van der Waals surface area (Å²) in [4.78, 5) is 26.1. The van der Waals surface area contributed by atoms with E-state index in [9.17, 15) is 9.59 Å². The Bertz CT molecular complexity index is 664. The summed E-state index contributed by atoms with van der Waals surface area (Å²) in [6.45, 7) is 3.42. The van der Waals surface area contributed by atoms with Crippen molar-refractivity contribution in [2.24, 2.45) is 5.92 Å². The molecular formula is C12H16N8O2. The Labute approximate surface area is 125 Å². The quantitative estimate of drug-likeness (QED) is 0.746. The lowest BCUT2D eigenvalue weighted by Crippen LogP contribution is -2.34. The van der Waals surface area contributed by atoms with Gasteiger partial charge in [-0.3, -0.25) is 14.7 Å². The standard InChI is InChI=1S/C12H16N8O2/c1-2-13-11(21)8-3-4-19(6-8)12(22)9-5-14-16-10(9)20-7-15-17-18-20/h5,7-8H,2-4,6H2,1H3,(H,13,21)(H,14,16)/t8-/m0/s1. The fraction of sp³-hybridized carbons (Fsp3) is 0.500. The van der Waals surface area contributed by atoms with Gasteiger partial charge in [0.2, 0.25) is 5.91 Å². The van der Waals surface area contributed by atoms with Gasteiger partial charge < -0.3 is 10.2 Å². The van der Waals surface area contributed by atoms with Crippen molar-refractivity contribution >= 4 is 11.8 Å². The van der Waals surface area contributed by atoms with Gasteiger partial charge in [-0.05, 0) is 23.8 Å². The van der Waals surface area contributed by atoms with E-state index < -0.39 is 0 Å². The molecular weight excluding hydrogens is 288 g/mol. The minimum atomic E-state index is -0.189. The van der Waals surface area contributed by atoms with Crippen molar-refractivity contribution in [2.45, 2.75) is 13.3 Å². The van der Waals surface area contributed by atoms with Gasteiger partial charge in [0.05, 0.1) is 12.1 Å². The highest BCUT2D eigenvalue weighted by Gasteiger charge is 2.32. The van der Waals surface area contributed by atoms with Crippen molar-refractivity contribution in [3.05, 3.63) is 18.1 Å². The van der Waals surface area contributed by atoms with E-state index >= 15 is 0 Å². The van der Waals surface area contributed by atoms with Crippen LogP contribution >= 0.6 is 0 Å². The molecule has 2 aromatic heterocycles. The molecule has 22 heavy (non-hydrogen) atoms. The topological polar surface area (TPSA) is 122 Å². The van der Waals surface area contributed by atoms with E-state index in [1.165, 1.54) is 17.2 Å². The molecule has 1 aliphatic heterocycles. The summed E-state index contributed by atoms with van der Waals surface area (Å²) in [6, 6.07) is 0. The highest BCUT2D eigenvalue weighted by Crippen LogP contribution is 2.20. The summed E-state index contributed by atoms with van der Waals surface area (Å²) in [5.41, 5.74) is 0.379. The molecule has 1 fully saturated rings. The van der Waals surface area contributed by atoms with Crippen LogP contribution in [0.15, 0.2) is 12.5 Å². The molecule has 1 atom stereocenters. The Morgan fingerprint density at radius 2 is 2.36 bits per heavy atom. The van der Waals surface area contributed by atoms with E-state index in [1.807, 2.05) is 6.92 Å². The zero-order valence-corrected chi connectivity index (χ0v) is 12.1. The zero-order valence-electron chi connectivity index (χ0n) is 12.1. The maximum atomic E-state index is 12.6. The number of hydrogen-bond donors (Lipinski definition) is 2. The number of carbonyl (C=O) groups excluding carboxylic acids is 2. The molecule has 0 bridgehead atoms. The van der Waals surface area contributed by atoms with Crippen LogP contribution < -0.4 is 5.32 Å². The summed E-state index contributed by atoms with van der Waals surface area (Å²) in [5.74, 6) is 0.0560. The van der Waals surface area contributed by atoms with Crippen LogP contribution in [0.2, 0.25) is 0 Å². The summed E-state index contributed by atoms with van der Waals surface area (Å²) >= 11 is 0. The minimum Gasteiger partial charge on any atom is -0.356 e. The molecule has 0 unspecified atom stereocenters. The number of H-pyrrole nitrogens is 1. The van der Waals surface area contributed by atoms with Crippen molar-refractivity contribution in [2.75, 3.05) is 19.6 Å².